The topological polar surface area (TPSA) is 24.5 Å². The Balaban J connectivity index is 0.00000128. The SMILES string of the molecule is COCC(C)(C)CN1C[C@H]2CNC[C@H]2C1.Cl. The van der Waals surface area contributed by atoms with E-state index in [0.29, 0.717) is 5.41 Å². The maximum atomic E-state index is 5.27. The van der Waals surface area contributed by atoms with Gasteiger partial charge in [-0.3, -0.25) is 0 Å². The molecule has 0 spiro atoms. The number of hydrogen-bond donors (Lipinski definition) is 1. The number of rotatable bonds is 4. The zero-order valence-corrected chi connectivity index (χ0v) is 11.5. The summed E-state index contributed by atoms with van der Waals surface area (Å²) in [6.45, 7) is 11.6. The van der Waals surface area contributed by atoms with Crippen LogP contribution in [0.25, 0.3) is 0 Å². The zero-order chi connectivity index (χ0) is 10.9. The third-order valence-electron chi connectivity index (χ3n) is 3.65. The maximum absolute atomic E-state index is 5.27. The van der Waals surface area contributed by atoms with E-state index in [-0.39, 0.29) is 12.4 Å². The second-order valence-corrected chi connectivity index (χ2v) is 5.97. The molecule has 16 heavy (non-hydrogen) atoms. The molecule has 3 nitrogen and oxygen atoms in total. The van der Waals surface area contributed by atoms with Gasteiger partial charge >= 0.3 is 0 Å². The summed E-state index contributed by atoms with van der Waals surface area (Å²) in [6, 6.07) is 0. The molecule has 2 aliphatic heterocycles. The minimum Gasteiger partial charge on any atom is -0.384 e. The van der Waals surface area contributed by atoms with E-state index < -0.39 is 0 Å². The fourth-order valence-electron chi connectivity index (χ4n) is 3.12. The van der Waals surface area contributed by atoms with Gasteiger partial charge in [0.15, 0.2) is 0 Å². The third-order valence-corrected chi connectivity index (χ3v) is 3.65. The van der Waals surface area contributed by atoms with Crippen molar-refractivity contribution in [2.24, 2.45) is 17.3 Å². The Morgan fingerprint density at radius 3 is 2.31 bits per heavy atom. The van der Waals surface area contributed by atoms with Crippen LogP contribution < -0.4 is 5.32 Å². The van der Waals surface area contributed by atoms with Crippen molar-refractivity contribution >= 4 is 12.4 Å². The van der Waals surface area contributed by atoms with Crippen molar-refractivity contribution in [2.45, 2.75) is 13.8 Å². The van der Waals surface area contributed by atoms with Gasteiger partial charge in [0.1, 0.15) is 0 Å². The first-order valence-electron chi connectivity index (χ1n) is 6.03. The van der Waals surface area contributed by atoms with Gasteiger partial charge in [-0.15, -0.1) is 12.4 Å². The van der Waals surface area contributed by atoms with Crippen molar-refractivity contribution in [1.82, 2.24) is 10.2 Å². The molecule has 2 heterocycles. The molecule has 2 fully saturated rings. The first-order chi connectivity index (χ1) is 7.11. The van der Waals surface area contributed by atoms with Gasteiger partial charge in [0, 0.05) is 32.2 Å². The van der Waals surface area contributed by atoms with E-state index in [1.807, 2.05) is 0 Å². The van der Waals surface area contributed by atoms with Crippen LogP contribution in [0.3, 0.4) is 0 Å². The summed E-state index contributed by atoms with van der Waals surface area (Å²) in [6.07, 6.45) is 0. The number of ether oxygens (including phenoxy) is 1. The van der Waals surface area contributed by atoms with Gasteiger partial charge in [0.2, 0.25) is 0 Å². The Hall–Kier alpha value is 0.170. The Kier molecular flexibility index (Phi) is 5.05. The van der Waals surface area contributed by atoms with Crippen LogP contribution in [0.2, 0.25) is 0 Å². The smallest absolute Gasteiger partial charge is 0.0525 e. The lowest BCUT2D eigenvalue weighted by molar-refractivity contribution is 0.0747. The highest BCUT2D eigenvalue weighted by Crippen LogP contribution is 2.29. The summed E-state index contributed by atoms with van der Waals surface area (Å²) in [5, 5.41) is 3.48. The van der Waals surface area contributed by atoms with Crippen LogP contribution in [0.4, 0.5) is 0 Å². The van der Waals surface area contributed by atoms with E-state index in [1.165, 1.54) is 32.7 Å². The molecule has 1 N–H and O–H groups in total. The molecule has 0 aromatic rings. The first kappa shape index (κ1) is 14.2. The van der Waals surface area contributed by atoms with Crippen LogP contribution >= 0.6 is 12.4 Å². The molecule has 0 aromatic heterocycles. The molecule has 4 heteroatoms. The molecule has 0 bridgehead atoms. The molecule has 0 aromatic carbocycles. The number of nitrogens with one attached hydrogen (secondary N) is 1. The molecule has 0 unspecified atom stereocenters. The van der Waals surface area contributed by atoms with Crippen LogP contribution in [-0.4, -0.2) is 51.3 Å². The summed E-state index contributed by atoms with van der Waals surface area (Å²) in [5.41, 5.74) is 0.292. The van der Waals surface area contributed by atoms with Crippen LogP contribution in [0, 0.1) is 17.3 Å². The average Bonchev–Trinajstić information content (AvgIpc) is 2.61. The lowest BCUT2D eigenvalue weighted by Gasteiger charge is -2.29. The first-order valence-corrected chi connectivity index (χ1v) is 6.03. The molecule has 2 saturated heterocycles. The van der Waals surface area contributed by atoms with Crippen LogP contribution in [-0.2, 0) is 4.74 Å². The van der Waals surface area contributed by atoms with Crippen molar-refractivity contribution in [3.8, 4) is 0 Å². The summed E-state index contributed by atoms with van der Waals surface area (Å²) >= 11 is 0. The monoisotopic (exact) mass is 248 g/mol. The van der Waals surface area contributed by atoms with E-state index in [4.69, 9.17) is 4.74 Å². The van der Waals surface area contributed by atoms with E-state index in [9.17, 15) is 0 Å². The molecule has 96 valence electrons. The zero-order valence-electron chi connectivity index (χ0n) is 10.7. The van der Waals surface area contributed by atoms with Gasteiger partial charge in [-0.1, -0.05) is 13.8 Å². The lowest BCUT2D eigenvalue weighted by atomic mass is 9.94. The average molecular weight is 249 g/mol. The van der Waals surface area contributed by atoms with E-state index in [2.05, 4.69) is 24.1 Å². The van der Waals surface area contributed by atoms with E-state index >= 15 is 0 Å². The molecule has 0 radical (unpaired) electrons. The highest BCUT2D eigenvalue weighted by atomic mass is 35.5. The summed E-state index contributed by atoms with van der Waals surface area (Å²) in [5.74, 6) is 1.81. The molecular weight excluding hydrogens is 224 g/mol. The molecular formula is C12H25ClN2O. The molecule has 2 atom stereocenters. The van der Waals surface area contributed by atoms with Crippen molar-refractivity contribution in [3.05, 3.63) is 0 Å². The molecule has 2 aliphatic rings. The second kappa shape index (κ2) is 5.67. The van der Waals surface area contributed by atoms with Gasteiger partial charge < -0.3 is 15.0 Å². The number of halogens is 1. The summed E-state index contributed by atoms with van der Waals surface area (Å²) < 4.78 is 5.27. The highest BCUT2D eigenvalue weighted by molar-refractivity contribution is 5.85. The van der Waals surface area contributed by atoms with E-state index in [0.717, 1.165) is 18.4 Å². The van der Waals surface area contributed by atoms with Crippen LogP contribution in [0.5, 0.6) is 0 Å². The summed E-state index contributed by atoms with van der Waals surface area (Å²) in [7, 11) is 1.80. The predicted molar refractivity (Wildman–Crippen MR) is 69.2 cm³/mol. The van der Waals surface area contributed by atoms with Gasteiger partial charge in [-0.2, -0.15) is 0 Å². The number of fused-ring (bicyclic) bond motifs is 1. The standard InChI is InChI=1S/C12H24N2O.ClH/c1-12(2,9-15-3)8-14-6-10-4-13-5-11(10)7-14;/h10-11,13H,4-9H2,1-3H3;1H/t10-,11+;. The Morgan fingerprint density at radius 1 is 1.25 bits per heavy atom. The number of nitrogens with zero attached hydrogens (tertiary/aromatic N) is 1. The van der Waals surface area contributed by atoms with Crippen LogP contribution in [0.1, 0.15) is 13.8 Å². The Bertz CT molecular complexity index is 211. The molecule has 0 amide bonds. The van der Waals surface area contributed by atoms with Crippen molar-refractivity contribution in [2.75, 3.05) is 46.4 Å². The molecule has 2 rings (SSSR count). The largest absolute Gasteiger partial charge is 0.384 e. The van der Waals surface area contributed by atoms with E-state index in [1.54, 1.807) is 7.11 Å². The number of hydrogen-bond acceptors (Lipinski definition) is 3. The fraction of sp³-hybridized carbons (Fsp3) is 1.00. The van der Waals surface area contributed by atoms with Gasteiger partial charge in [-0.25, -0.2) is 0 Å². The lowest BCUT2D eigenvalue weighted by Crippen LogP contribution is -2.37. The van der Waals surface area contributed by atoms with Gasteiger partial charge in [0.05, 0.1) is 6.61 Å². The van der Waals surface area contributed by atoms with Gasteiger partial charge in [0.25, 0.3) is 0 Å². The number of methoxy groups -OCH3 is 1. The Labute approximate surface area is 105 Å². The molecule has 0 aliphatic carbocycles. The predicted octanol–water partition coefficient (Wildman–Crippen LogP) is 1.23. The number of likely N-dealkylation sites (tertiary alicyclic amines) is 1. The summed E-state index contributed by atoms with van der Waals surface area (Å²) in [4.78, 5) is 2.62. The Morgan fingerprint density at radius 2 is 1.81 bits per heavy atom. The van der Waals surface area contributed by atoms with Crippen molar-refractivity contribution in [3.63, 3.8) is 0 Å². The molecule has 0 saturated carbocycles. The minimum atomic E-state index is 0. The second-order valence-electron chi connectivity index (χ2n) is 5.97. The maximum Gasteiger partial charge on any atom is 0.0525 e. The minimum absolute atomic E-state index is 0. The fourth-order valence-corrected chi connectivity index (χ4v) is 3.12. The van der Waals surface area contributed by atoms with Crippen molar-refractivity contribution < 1.29 is 4.74 Å². The van der Waals surface area contributed by atoms with Crippen molar-refractivity contribution in [1.29, 1.82) is 0 Å². The quantitative estimate of drug-likeness (QED) is 0.810. The van der Waals surface area contributed by atoms with Gasteiger partial charge in [-0.05, 0) is 24.9 Å². The normalized spacial score (nSPS) is 30.2. The highest BCUT2D eigenvalue weighted by Gasteiger charge is 2.37. The van der Waals surface area contributed by atoms with Crippen LogP contribution in [0.15, 0.2) is 0 Å². The third kappa shape index (κ3) is 3.33.